The number of ether oxygens (including phenoxy) is 5. The SMILES string of the molecule is CC1(C)OC2C(OS(N)(=O)=O)C3(COC(C)(C)O3)OC[C@H]2O1. The second-order valence-electron chi connectivity index (χ2n) is 6.56. The third kappa shape index (κ3) is 3.02. The fourth-order valence-corrected chi connectivity index (χ4v) is 3.58. The summed E-state index contributed by atoms with van der Waals surface area (Å²) in [6, 6.07) is 0. The van der Waals surface area contributed by atoms with Crippen LogP contribution in [0.3, 0.4) is 0 Å². The fraction of sp³-hybridized carbons (Fsp3) is 1.00. The molecule has 3 unspecified atom stereocenters. The van der Waals surface area contributed by atoms with Gasteiger partial charge < -0.3 is 23.7 Å². The first-order valence-electron chi connectivity index (χ1n) is 6.96. The van der Waals surface area contributed by atoms with E-state index in [1.807, 2.05) is 0 Å². The monoisotopic (exact) mass is 339 g/mol. The maximum absolute atomic E-state index is 11.5. The van der Waals surface area contributed by atoms with Crippen LogP contribution in [0.4, 0.5) is 0 Å². The number of hydrogen-bond acceptors (Lipinski definition) is 8. The summed E-state index contributed by atoms with van der Waals surface area (Å²) in [5.74, 6) is -3.25. The van der Waals surface area contributed by atoms with Crippen molar-refractivity contribution in [3.8, 4) is 0 Å². The van der Waals surface area contributed by atoms with Crippen molar-refractivity contribution < 1.29 is 36.3 Å². The topological polar surface area (TPSA) is 116 Å². The molecule has 0 aliphatic carbocycles. The summed E-state index contributed by atoms with van der Waals surface area (Å²) >= 11 is 0. The lowest BCUT2D eigenvalue weighted by atomic mass is 9.97. The van der Waals surface area contributed by atoms with Gasteiger partial charge >= 0.3 is 10.3 Å². The zero-order valence-corrected chi connectivity index (χ0v) is 13.7. The Kier molecular flexibility index (Phi) is 3.63. The van der Waals surface area contributed by atoms with Crippen LogP contribution in [0, 0.1) is 0 Å². The molecule has 0 radical (unpaired) electrons. The summed E-state index contributed by atoms with van der Waals surface area (Å²) in [6.45, 7) is 7.00. The van der Waals surface area contributed by atoms with Gasteiger partial charge in [0.2, 0.25) is 5.79 Å². The summed E-state index contributed by atoms with van der Waals surface area (Å²) in [5, 5.41) is 5.04. The highest BCUT2D eigenvalue weighted by Gasteiger charge is 2.64. The molecule has 3 saturated heterocycles. The molecule has 1 spiro atoms. The molecule has 128 valence electrons. The maximum Gasteiger partial charge on any atom is 0.333 e. The zero-order chi connectivity index (χ0) is 16.4. The molecule has 3 aliphatic rings. The van der Waals surface area contributed by atoms with Crippen molar-refractivity contribution in [2.45, 2.75) is 63.4 Å². The molecule has 0 bridgehead atoms. The molecule has 2 N–H and O–H groups in total. The van der Waals surface area contributed by atoms with E-state index in [0.717, 1.165) is 0 Å². The van der Waals surface area contributed by atoms with Crippen molar-refractivity contribution in [1.29, 1.82) is 0 Å². The first-order valence-corrected chi connectivity index (χ1v) is 8.43. The fourth-order valence-electron chi connectivity index (χ4n) is 3.04. The molecule has 9 nitrogen and oxygen atoms in total. The number of rotatable bonds is 2. The smallest absolute Gasteiger partial charge is 0.333 e. The van der Waals surface area contributed by atoms with Gasteiger partial charge in [-0.1, -0.05) is 0 Å². The lowest BCUT2D eigenvalue weighted by molar-refractivity contribution is -0.320. The van der Waals surface area contributed by atoms with Crippen molar-refractivity contribution in [1.82, 2.24) is 0 Å². The van der Waals surface area contributed by atoms with Crippen LogP contribution >= 0.6 is 0 Å². The van der Waals surface area contributed by atoms with Crippen LogP contribution < -0.4 is 5.14 Å². The van der Waals surface area contributed by atoms with E-state index >= 15 is 0 Å². The molecule has 3 rings (SSSR count). The van der Waals surface area contributed by atoms with Gasteiger partial charge in [-0.25, -0.2) is 9.32 Å². The number of nitrogens with two attached hydrogens (primary N) is 1. The molecule has 22 heavy (non-hydrogen) atoms. The summed E-state index contributed by atoms with van der Waals surface area (Å²) in [4.78, 5) is 0. The van der Waals surface area contributed by atoms with E-state index in [-0.39, 0.29) is 13.2 Å². The Morgan fingerprint density at radius 3 is 2.32 bits per heavy atom. The van der Waals surface area contributed by atoms with Gasteiger partial charge in [0.1, 0.15) is 18.8 Å². The normalized spacial score (nSPS) is 43.4. The third-order valence-corrected chi connectivity index (χ3v) is 4.20. The highest BCUT2D eigenvalue weighted by atomic mass is 32.2. The summed E-state index contributed by atoms with van der Waals surface area (Å²) in [5.41, 5.74) is 0. The van der Waals surface area contributed by atoms with Crippen molar-refractivity contribution >= 4 is 10.3 Å². The Hall–Kier alpha value is -0.330. The highest BCUT2D eigenvalue weighted by Crippen LogP contribution is 2.45. The van der Waals surface area contributed by atoms with Crippen LogP contribution in [0.15, 0.2) is 0 Å². The molecule has 0 aromatic heterocycles. The molecule has 0 aromatic rings. The quantitative estimate of drug-likeness (QED) is 0.723. The van der Waals surface area contributed by atoms with Crippen LogP contribution in [0.5, 0.6) is 0 Å². The minimum Gasteiger partial charge on any atom is -0.345 e. The Bertz CT molecular complexity index is 559. The van der Waals surface area contributed by atoms with E-state index in [0.29, 0.717) is 0 Å². The minimum absolute atomic E-state index is 0.00675. The molecule has 10 heteroatoms. The Balaban J connectivity index is 1.94. The van der Waals surface area contributed by atoms with E-state index in [1.54, 1.807) is 27.7 Å². The molecule has 0 aromatic carbocycles. The van der Waals surface area contributed by atoms with E-state index in [1.165, 1.54) is 0 Å². The molecular weight excluding hydrogens is 318 g/mol. The van der Waals surface area contributed by atoms with Crippen molar-refractivity contribution in [3.63, 3.8) is 0 Å². The van der Waals surface area contributed by atoms with Crippen LogP contribution in [-0.2, 0) is 38.2 Å². The third-order valence-electron chi connectivity index (χ3n) is 3.72. The van der Waals surface area contributed by atoms with Crippen molar-refractivity contribution in [2.24, 2.45) is 5.14 Å². The van der Waals surface area contributed by atoms with Crippen LogP contribution in [0.25, 0.3) is 0 Å². The van der Waals surface area contributed by atoms with Gasteiger partial charge in [-0.2, -0.15) is 8.42 Å². The Labute approximate surface area is 129 Å². The van der Waals surface area contributed by atoms with E-state index in [9.17, 15) is 8.42 Å². The summed E-state index contributed by atoms with van der Waals surface area (Å²) < 4.78 is 56.5. The lowest BCUT2D eigenvalue weighted by Crippen LogP contribution is -2.63. The van der Waals surface area contributed by atoms with Crippen LogP contribution in [0.1, 0.15) is 27.7 Å². The second kappa shape index (κ2) is 4.84. The van der Waals surface area contributed by atoms with Gasteiger partial charge in [0.15, 0.2) is 17.7 Å². The summed E-state index contributed by atoms with van der Waals surface area (Å²) in [7, 11) is -4.25. The van der Waals surface area contributed by atoms with Gasteiger partial charge in [-0.05, 0) is 27.7 Å². The Morgan fingerprint density at radius 2 is 1.77 bits per heavy atom. The average molecular weight is 339 g/mol. The van der Waals surface area contributed by atoms with E-state index in [2.05, 4.69) is 0 Å². The number of hydrogen-bond donors (Lipinski definition) is 1. The van der Waals surface area contributed by atoms with Crippen molar-refractivity contribution in [3.05, 3.63) is 0 Å². The van der Waals surface area contributed by atoms with Crippen molar-refractivity contribution in [2.75, 3.05) is 13.2 Å². The number of fused-ring (bicyclic) bond motifs is 1. The molecule has 3 aliphatic heterocycles. The first kappa shape index (κ1) is 16.5. The van der Waals surface area contributed by atoms with Gasteiger partial charge in [0.25, 0.3) is 0 Å². The van der Waals surface area contributed by atoms with Gasteiger partial charge in [-0.15, -0.1) is 0 Å². The highest BCUT2D eigenvalue weighted by molar-refractivity contribution is 7.84. The lowest BCUT2D eigenvalue weighted by Gasteiger charge is -2.42. The molecule has 0 saturated carbocycles. The average Bonchev–Trinajstić information content (AvgIpc) is 2.79. The van der Waals surface area contributed by atoms with E-state index in [4.69, 9.17) is 33.0 Å². The van der Waals surface area contributed by atoms with E-state index < -0.39 is 46.0 Å². The van der Waals surface area contributed by atoms with Gasteiger partial charge in [0, 0.05) is 0 Å². The molecule has 3 heterocycles. The molecule has 0 amide bonds. The molecule has 4 atom stereocenters. The predicted octanol–water partition coefficient (Wildman–Crippen LogP) is -0.395. The van der Waals surface area contributed by atoms with Crippen LogP contribution in [0.2, 0.25) is 0 Å². The molecular formula is C12H21NO8S. The van der Waals surface area contributed by atoms with Gasteiger partial charge in [0.05, 0.1) is 6.61 Å². The van der Waals surface area contributed by atoms with Crippen LogP contribution in [-0.4, -0.2) is 57.3 Å². The molecule has 3 fully saturated rings. The summed E-state index contributed by atoms with van der Waals surface area (Å²) in [6.07, 6.45) is -2.33. The first-order chi connectivity index (χ1) is 9.92. The Morgan fingerprint density at radius 1 is 1.09 bits per heavy atom. The largest absolute Gasteiger partial charge is 0.345 e. The predicted molar refractivity (Wildman–Crippen MR) is 71.6 cm³/mol. The maximum atomic E-state index is 11.5. The standard InChI is InChI=1S/C12H21NO8S/c1-10(2)17-6-12(21-10)9(20-22(13,14)15)8-7(5-16-12)18-11(3,4)19-8/h7-9H,5-6H2,1-4H3,(H2,13,14,15)/t7-,8?,9?,12?/m1/s1. The zero-order valence-electron chi connectivity index (χ0n) is 12.9. The minimum atomic E-state index is -4.25. The second-order valence-corrected chi connectivity index (χ2v) is 7.74. The van der Waals surface area contributed by atoms with Gasteiger partial charge in [-0.3, -0.25) is 0 Å².